The lowest BCUT2D eigenvalue weighted by Gasteiger charge is -2.27. The Bertz CT molecular complexity index is 510. The molecule has 0 fully saturated rings. The SMILES string of the molecule is CC(CS(C)(=O)=O)N1CCCc2ccccc2C1. The lowest BCUT2D eigenvalue weighted by atomic mass is 10.0. The van der Waals surface area contributed by atoms with Crippen molar-refractivity contribution < 1.29 is 8.42 Å². The van der Waals surface area contributed by atoms with E-state index in [4.69, 9.17) is 0 Å². The molecule has 0 saturated carbocycles. The average Bonchev–Trinajstić information content (AvgIpc) is 2.48. The highest BCUT2D eigenvalue weighted by molar-refractivity contribution is 7.90. The van der Waals surface area contributed by atoms with Crippen LogP contribution in [-0.4, -0.2) is 37.9 Å². The highest BCUT2D eigenvalue weighted by Crippen LogP contribution is 2.20. The van der Waals surface area contributed by atoms with E-state index in [-0.39, 0.29) is 11.8 Å². The fourth-order valence-electron chi connectivity index (χ4n) is 2.65. The average molecular weight is 267 g/mol. The Morgan fingerprint density at radius 2 is 1.94 bits per heavy atom. The van der Waals surface area contributed by atoms with Gasteiger partial charge in [0, 0.05) is 18.8 Å². The Morgan fingerprint density at radius 1 is 1.28 bits per heavy atom. The molecule has 1 atom stereocenters. The quantitative estimate of drug-likeness (QED) is 0.839. The zero-order valence-corrected chi connectivity index (χ0v) is 11.9. The molecule has 1 unspecified atom stereocenters. The standard InChI is InChI=1S/C14H21NO2S/c1-12(11-18(2,16)17)15-9-5-8-13-6-3-4-7-14(13)10-15/h3-4,6-7,12H,5,8-11H2,1-2H3. The lowest BCUT2D eigenvalue weighted by molar-refractivity contribution is 0.218. The molecular formula is C14H21NO2S. The van der Waals surface area contributed by atoms with Crippen LogP contribution in [0.3, 0.4) is 0 Å². The summed E-state index contributed by atoms with van der Waals surface area (Å²) in [6.07, 6.45) is 3.51. The highest BCUT2D eigenvalue weighted by Gasteiger charge is 2.21. The van der Waals surface area contributed by atoms with Crippen LogP contribution in [0, 0.1) is 0 Å². The normalized spacial score (nSPS) is 19.0. The summed E-state index contributed by atoms with van der Waals surface area (Å²) >= 11 is 0. The van der Waals surface area contributed by atoms with Crippen molar-refractivity contribution in [2.75, 3.05) is 18.6 Å². The Hall–Kier alpha value is -0.870. The van der Waals surface area contributed by atoms with Crippen molar-refractivity contribution in [2.45, 2.75) is 32.4 Å². The van der Waals surface area contributed by atoms with E-state index in [1.165, 1.54) is 17.4 Å². The molecule has 0 aromatic heterocycles. The van der Waals surface area contributed by atoms with Crippen molar-refractivity contribution in [2.24, 2.45) is 0 Å². The molecule has 1 heterocycles. The Balaban J connectivity index is 2.12. The minimum Gasteiger partial charge on any atom is -0.295 e. The van der Waals surface area contributed by atoms with Crippen molar-refractivity contribution in [1.82, 2.24) is 4.90 Å². The van der Waals surface area contributed by atoms with Crippen LogP contribution in [0.25, 0.3) is 0 Å². The minimum absolute atomic E-state index is 0.0890. The largest absolute Gasteiger partial charge is 0.295 e. The van der Waals surface area contributed by atoms with E-state index in [1.807, 2.05) is 6.92 Å². The predicted octanol–water partition coefficient (Wildman–Crippen LogP) is 1.87. The fourth-order valence-corrected chi connectivity index (χ4v) is 3.73. The van der Waals surface area contributed by atoms with Crippen LogP contribution in [0.1, 0.15) is 24.5 Å². The number of hydrogen-bond donors (Lipinski definition) is 0. The number of aryl methyl sites for hydroxylation is 1. The molecule has 100 valence electrons. The van der Waals surface area contributed by atoms with Crippen molar-refractivity contribution in [1.29, 1.82) is 0 Å². The van der Waals surface area contributed by atoms with E-state index in [0.29, 0.717) is 0 Å². The summed E-state index contributed by atoms with van der Waals surface area (Å²) < 4.78 is 22.8. The smallest absolute Gasteiger partial charge is 0.148 e. The molecule has 1 aliphatic heterocycles. The van der Waals surface area contributed by atoms with Gasteiger partial charge in [-0.25, -0.2) is 8.42 Å². The van der Waals surface area contributed by atoms with Crippen LogP contribution in [0.5, 0.6) is 0 Å². The van der Waals surface area contributed by atoms with Gasteiger partial charge < -0.3 is 0 Å². The van der Waals surface area contributed by atoms with Crippen LogP contribution >= 0.6 is 0 Å². The molecule has 0 saturated heterocycles. The molecule has 4 heteroatoms. The fraction of sp³-hybridized carbons (Fsp3) is 0.571. The number of benzene rings is 1. The topological polar surface area (TPSA) is 37.4 Å². The zero-order chi connectivity index (χ0) is 13.2. The van der Waals surface area contributed by atoms with E-state index >= 15 is 0 Å². The van der Waals surface area contributed by atoms with Crippen LogP contribution in [0.4, 0.5) is 0 Å². The van der Waals surface area contributed by atoms with Crippen molar-refractivity contribution in [3.05, 3.63) is 35.4 Å². The maximum Gasteiger partial charge on any atom is 0.148 e. The van der Waals surface area contributed by atoms with Crippen molar-refractivity contribution >= 4 is 9.84 Å². The summed E-state index contributed by atoms with van der Waals surface area (Å²) in [6.45, 7) is 3.85. The first-order valence-electron chi connectivity index (χ1n) is 6.44. The summed E-state index contributed by atoms with van der Waals surface area (Å²) in [5, 5.41) is 0. The second-order valence-corrected chi connectivity index (χ2v) is 7.47. The third-order valence-electron chi connectivity index (χ3n) is 3.55. The first-order chi connectivity index (χ1) is 8.46. The van der Waals surface area contributed by atoms with Crippen molar-refractivity contribution in [3.63, 3.8) is 0 Å². The molecule has 0 spiro atoms. The third kappa shape index (κ3) is 3.56. The van der Waals surface area contributed by atoms with Crippen LogP contribution < -0.4 is 0 Å². The summed E-state index contributed by atoms with van der Waals surface area (Å²) in [6, 6.07) is 8.56. The van der Waals surface area contributed by atoms with Crippen LogP contribution in [-0.2, 0) is 22.8 Å². The molecule has 3 nitrogen and oxygen atoms in total. The summed E-state index contributed by atoms with van der Waals surface area (Å²) in [5.74, 6) is 0.245. The van der Waals surface area contributed by atoms with Gasteiger partial charge in [0.2, 0.25) is 0 Å². The maximum atomic E-state index is 11.4. The first kappa shape index (κ1) is 13.6. The van der Waals surface area contributed by atoms with E-state index in [1.54, 1.807) is 0 Å². The zero-order valence-electron chi connectivity index (χ0n) is 11.1. The molecule has 1 aliphatic rings. The predicted molar refractivity (Wildman–Crippen MR) is 74.3 cm³/mol. The number of sulfone groups is 1. The summed E-state index contributed by atoms with van der Waals surface area (Å²) in [5.41, 5.74) is 2.75. The van der Waals surface area contributed by atoms with Gasteiger partial charge in [-0.05, 0) is 37.4 Å². The Labute approximate surface area is 110 Å². The second-order valence-electron chi connectivity index (χ2n) is 5.28. The summed E-state index contributed by atoms with van der Waals surface area (Å²) in [4.78, 5) is 2.28. The molecule has 0 aliphatic carbocycles. The van der Waals surface area contributed by atoms with E-state index in [0.717, 1.165) is 25.9 Å². The second kappa shape index (κ2) is 5.41. The van der Waals surface area contributed by atoms with E-state index < -0.39 is 9.84 Å². The van der Waals surface area contributed by atoms with Crippen molar-refractivity contribution in [3.8, 4) is 0 Å². The first-order valence-corrected chi connectivity index (χ1v) is 8.50. The number of hydrogen-bond acceptors (Lipinski definition) is 3. The Kier molecular flexibility index (Phi) is 4.07. The lowest BCUT2D eigenvalue weighted by Crippen LogP contribution is -2.37. The minimum atomic E-state index is -2.90. The van der Waals surface area contributed by atoms with Gasteiger partial charge in [0.05, 0.1) is 5.75 Å². The highest BCUT2D eigenvalue weighted by atomic mass is 32.2. The van der Waals surface area contributed by atoms with Gasteiger partial charge in [0.25, 0.3) is 0 Å². The number of rotatable bonds is 3. The molecule has 0 amide bonds. The van der Waals surface area contributed by atoms with Gasteiger partial charge >= 0.3 is 0 Å². The molecular weight excluding hydrogens is 246 g/mol. The van der Waals surface area contributed by atoms with Gasteiger partial charge in [-0.3, -0.25) is 4.90 Å². The van der Waals surface area contributed by atoms with Crippen LogP contribution in [0.15, 0.2) is 24.3 Å². The molecule has 0 radical (unpaired) electrons. The monoisotopic (exact) mass is 267 g/mol. The molecule has 1 aromatic carbocycles. The molecule has 1 aromatic rings. The maximum absolute atomic E-state index is 11.4. The van der Waals surface area contributed by atoms with E-state index in [2.05, 4.69) is 29.2 Å². The van der Waals surface area contributed by atoms with Gasteiger partial charge in [-0.1, -0.05) is 24.3 Å². The van der Waals surface area contributed by atoms with Gasteiger partial charge in [-0.15, -0.1) is 0 Å². The molecule has 0 N–H and O–H groups in total. The summed E-state index contributed by atoms with van der Waals surface area (Å²) in [7, 11) is -2.90. The van der Waals surface area contributed by atoms with Gasteiger partial charge in [0.1, 0.15) is 9.84 Å². The van der Waals surface area contributed by atoms with Gasteiger partial charge in [-0.2, -0.15) is 0 Å². The third-order valence-corrected chi connectivity index (χ3v) is 4.64. The molecule has 18 heavy (non-hydrogen) atoms. The van der Waals surface area contributed by atoms with E-state index in [9.17, 15) is 8.42 Å². The molecule has 0 bridgehead atoms. The number of fused-ring (bicyclic) bond motifs is 1. The van der Waals surface area contributed by atoms with Gasteiger partial charge in [0.15, 0.2) is 0 Å². The number of nitrogens with zero attached hydrogens (tertiary/aromatic N) is 1. The molecule has 2 rings (SSSR count). The Morgan fingerprint density at radius 3 is 2.61 bits per heavy atom. The van der Waals surface area contributed by atoms with Crippen LogP contribution in [0.2, 0.25) is 0 Å².